The van der Waals surface area contributed by atoms with Crippen LogP contribution in [0.3, 0.4) is 0 Å². The molecule has 0 atom stereocenters. The van der Waals surface area contributed by atoms with Crippen LogP contribution in [0.15, 0.2) is 28.8 Å². The molecule has 2 N–H and O–H groups in total. The fourth-order valence-electron chi connectivity index (χ4n) is 3.80. The van der Waals surface area contributed by atoms with E-state index in [0.717, 1.165) is 36.8 Å². The summed E-state index contributed by atoms with van der Waals surface area (Å²) in [4.78, 5) is 15.3. The number of nitro groups is 1. The summed E-state index contributed by atoms with van der Waals surface area (Å²) >= 11 is 0. The highest BCUT2D eigenvalue weighted by Crippen LogP contribution is 2.35. The first-order valence-corrected chi connectivity index (χ1v) is 9.28. The summed E-state index contributed by atoms with van der Waals surface area (Å²) in [5.74, 6) is 1.01. The molecule has 9 nitrogen and oxygen atoms in total. The fraction of sp³-hybridized carbons (Fsp3) is 0.421. The van der Waals surface area contributed by atoms with E-state index in [-0.39, 0.29) is 10.6 Å². The van der Waals surface area contributed by atoms with Gasteiger partial charge in [-0.05, 0) is 44.4 Å². The van der Waals surface area contributed by atoms with Crippen molar-refractivity contribution in [3.05, 3.63) is 57.2 Å². The third kappa shape index (κ3) is 3.18. The van der Waals surface area contributed by atoms with Gasteiger partial charge in [-0.15, -0.1) is 0 Å². The van der Waals surface area contributed by atoms with Gasteiger partial charge in [-0.25, -0.2) is 0 Å². The number of aryl methyl sites for hydroxylation is 1. The van der Waals surface area contributed by atoms with Crippen molar-refractivity contribution >= 4 is 5.69 Å². The molecule has 146 valence electrons. The summed E-state index contributed by atoms with van der Waals surface area (Å²) in [5, 5.41) is 19.5. The van der Waals surface area contributed by atoms with E-state index in [4.69, 9.17) is 10.3 Å². The Morgan fingerprint density at radius 3 is 2.54 bits per heavy atom. The van der Waals surface area contributed by atoms with Crippen LogP contribution in [0.25, 0.3) is 11.5 Å². The topological polar surface area (TPSA) is 126 Å². The van der Waals surface area contributed by atoms with Crippen molar-refractivity contribution < 1.29 is 9.45 Å². The maximum Gasteiger partial charge on any atom is 0.312 e. The summed E-state index contributed by atoms with van der Waals surface area (Å²) in [7, 11) is 0. The molecule has 1 aliphatic rings. The zero-order valence-electron chi connectivity index (χ0n) is 15.9. The van der Waals surface area contributed by atoms with Crippen molar-refractivity contribution in [1.82, 2.24) is 19.9 Å². The zero-order chi connectivity index (χ0) is 19.9. The number of nitrogens with zero attached hydrogens (tertiary/aromatic N) is 5. The molecule has 1 aliphatic carbocycles. The summed E-state index contributed by atoms with van der Waals surface area (Å²) in [6.07, 6.45) is 3.92. The number of hydrogen-bond donors (Lipinski definition) is 1. The second-order valence-electron chi connectivity index (χ2n) is 7.42. The van der Waals surface area contributed by atoms with Crippen LogP contribution in [0, 0.1) is 24.0 Å². The van der Waals surface area contributed by atoms with Crippen LogP contribution >= 0.6 is 0 Å². The van der Waals surface area contributed by atoms with Gasteiger partial charge in [0.15, 0.2) is 5.82 Å². The predicted octanol–water partition coefficient (Wildman–Crippen LogP) is 3.23. The maximum atomic E-state index is 11.1. The Morgan fingerprint density at radius 2 is 1.93 bits per heavy atom. The molecule has 0 saturated heterocycles. The van der Waals surface area contributed by atoms with Gasteiger partial charge in [-0.2, -0.15) is 10.1 Å². The van der Waals surface area contributed by atoms with Gasteiger partial charge in [0.2, 0.25) is 0 Å². The highest BCUT2D eigenvalue weighted by atomic mass is 16.6. The van der Waals surface area contributed by atoms with Crippen LogP contribution in [-0.2, 0) is 12.1 Å². The van der Waals surface area contributed by atoms with Gasteiger partial charge < -0.3 is 10.3 Å². The van der Waals surface area contributed by atoms with Gasteiger partial charge in [0.25, 0.3) is 5.89 Å². The summed E-state index contributed by atoms with van der Waals surface area (Å²) < 4.78 is 7.06. The number of rotatable bonds is 5. The molecule has 0 bridgehead atoms. The third-order valence-electron chi connectivity index (χ3n) is 5.43. The van der Waals surface area contributed by atoms with Gasteiger partial charge in [-0.1, -0.05) is 30.1 Å². The van der Waals surface area contributed by atoms with Crippen LogP contribution in [0.2, 0.25) is 0 Å². The van der Waals surface area contributed by atoms with Crippen molar-refractivity contribution in [3.63, 3.8) is 0 Å². The Balaban J connectivity index is 1.53. The van der Waals surface area contributed by atoms with Crippen LogP contribution < -0.4 is 5.73 Å². The molecule has 0 unspecified atom stereocenters. The van der Waals surface area contributed by atoms with Gasteiger partial charge in [0.05, 0.1) is 17.0 Å². The summed E-state index contributed by atoms with van der Waals surface area (Å²) in [5.41, 5.74) is 8.71. The van der Waals surface area contributed by atoms with Crippen LogP contribution in [0.5, 0.6) is 0 Å². The molecule has 9 heteroatoms. The first-order chi connectivity index (χ1) is 13.4. The van der Waals surface area contributed by atoms with E-state index in [2.05, 4.69) is 15.2 Å². The van der Waals surface area contributed by atoms with E-state index in [1.54, 1.807) is 18.5 Å². The Morgan fingerprint density at radius 1 is 1.25 bits per heavy atom. The molecule has 0 amide bonds. The SMILES string of the molecule is Cc1nn(Cc2ccc(-c3nc(C4(N)CCCC4)no3)cc2)c(C)c1[N+](=O)[O-]. The summed E-state index contributed by atoms with van der Waals surface area (Å²) in [6.45, 7) is 3.80. The Bertz CT molecular complexity index is 1010. The zero-order valence-corrected chi connectivity index (χ0v) is 15.9. The standard InChI is InChI=1S/C19H22N6O3/c1-12-16(25(26)27)13(2)24(22-12)11-14-5-7-15(8-6-14)17-21-18(23-28-17)19(20)9-3-4-10-19/h5-8H,3-4,9-11,20H2,1-2H3. The van der Waals surface area contributed by atoms with Crippen LogP contribution in [0.1, 0.15) is 48.5 Å². The highest BCUT2D eigenvalue weighted by Gasteiger charge is 2.36. The first-order valence-electron chi connectivity index (χ1n) is 9.28. The van der Waals surface area contributed by atoms with Crippen LogP contribution in [0.4, 0.5) is 5.69 Å². The maximum absolute atomic E-state index is 11.1. The van der Waals surface area contributed by atoms with E-state index in [1.807, 2.05) is 24.3 Å². The Labute approximate surface area is 161 Å². The third-order valence-corrected chi connectivity index (χ3v) is 5.43. The molecule has 28 heavy (non-hydrogen) atoms. The lowest BCUT2D eigenvalue weighted by Crippen LogP contribution is -2.34. The smallest absolute Gasteiger partial charge is 0.312 e. The molecular formula is C19H22N6O3. The first kappa shape index (κ1) is 18.3. The Kier molecular flexibility index (Phi) is 4.46. The van der Waals surface area contributed by atoms with E-state index in [9.17, 15) is 10.1 Å². The van der Waals surface area contributed by atoms with Crippen molar-refractivity contribution in [3.8, 4) is 11.5 Å². The van der Waals surface area contributed by atoms with Crippen LogP contribution in [-0.4, -0.2) is 24.8 Å². The monoisotopic (exact) mass is 382 g/mol. The van der Waals surface area contributed by atoms with Gasteiger partial charge in [0, 0.05) is 5.56 Å². The number of hydrogen-bond acceptors (Lipinski definition) is 7. The second kappa shape index (κ2) is 6.83. The molecule has 4 rings (SSSR count). The quantitative estimate of drug-likeness (QED) is 0.530. The summed E-state index contributed by atoms with van der Waals surface area (Å²) in [6, 6.07) is 7.64. The number of aromatic nitrogens is 4. The lowest BCUT2D eigenvalue weighted by atomic mass is 9.99. The minimum atomic E-state index is -0.480. The van der Waals surface area contributed by atoms with Crippen molar-refractivity contribution in [1.29, 1.82) is 0 Å². The molecule has 3 aromatic rings. The molecule has 0 radical (unpaired) electrons. The molecule has 0 spiro atoms. The average molecular weight is 382 g/mol. The average Bonchev–Trinajstić information content (AvgIpc) is 3.36. The van der Waals surface area contributed by atoms with E-state index in [0.29, 0.717) is 29.6 Å². The lowest BCUT2D eigenvalue weighted by Gasteiger charge is -2.17. The second-order valence-corrected chi connectivity index (χ2v) is 7.42. The van der Waals surface area contributed by atoms with Crippen molar-refractivity contribution in [2.45, 2.75) is 51.6 Å². The van der Waals surface area contributed by atoms with Crippen molar-refractivity contribution in [2.75, 3.05) is 0 Å². The lowest BCUT2D eigenvalue weighted by molar-refractivity contribution is -0.386. The van der Waals surface area contributed by atoms with E-state index in [1.165, 1.54) is 0 Å². The van der Waals surface area contributed by atoms with E-state index < -0.39 is 5.54 Å². The molecule has 1 saturated carbocycles. The molecule has 1 fully saturated rings. The molecule has 2 aromatic heterocycles. The highest BCUT2D eigenvalue weighted by molar-refractivity contribution is 5.53. The largest absolute Gasteiger partial charge is 0.334 e. The van der Waals surface area contributed by atoms with Crippen molar-refractivity contribution in [2.24, 2.45) is 5.73 Å². The van der Waals surface area contributed by atoms with Gasteiger partial charge >= 0.3 is 5.69 Å². The minimum absolute atomic E-state index is 0.0673. The fourth-order valence-corrected chi connectivity index (χ4v) is 3.80. The molecule has 2 heterocycles. The van der Waals surface area contributed by atoms with Gasteiger partial charge in [0.1, 0.15) is 11.4 Å². The Hall–Kier alpha value is -3.07. The predicted molar refractivity (Wildman–Crippen MR) is 102 cm³/mol. The molecular weight excluding hydrogens is 360 g/mol. The molecule has 0 aliphatic heterocycles. The number of benzene rings is 1. The minimum Gasteiger partial charge on any atom is -0.334 e. The number of nitrogens with two attached hydrogens (primary N) is 1. The normalized spacial score (nSPS) is 15.8. The molecule has 1 aromatic carbocycles. The van der Waals surface area contributed by atoms with E-state index >= 15 is 0 Å². The van der Waals surface area contributed by atoms with Gasteiger partial charge in [-0.3, -0.25) is 14.8 Å².